The number of hydrogen-bond donors (Lipinski definition) is 1. The van der Waals surface area contributed by atoms with Crippen LogP contribution >= 0.6 is 0 Å². The van der Waals surface area contributed by atoms with Gasteiger partial charge >= 0.3 is 0 Å². The Morgan fingerprint density at radius 1 is 1.19 bits per heavy atom. The maximum absolute atomic E-state index is 12.9. The van der Waals surface area contributed by atoms with Gasteiger partial charge in [-0.2, -0.15) is 14.5 Å². The molecule has 2 aromatic heterocycles. The number of aromatic amines is 1. The van der Waals surface area contributed by atoms with Gasteiger partial charge in [-0.25, -0.2) is 8.42 Å². The molecule has 0 amide bonds. The monoisotopic (exact) mass is 309 g/mol. The van der Waals surface area contributed by atoms with Crippen LogP contribution in [-0.4, -0.2) is 39.2 Å². The molecule has 7 nitrogen and oxygen atoms in total. The largest absolute Gasteiger partial charge is 0.281 e. The van der Waals surface area contributed by atoms with Gasteiger partial charge in [0.15, 0.2) is 0 Å². The SMILES string of the molecule is Cc1nn(C)c2c1CCN(S(=O)(=O)c1c(C)n[nH]c1C)C2. The summed E-state index contributed by atoms with van der Waals surface area (Å²) in [5.74, 6) is 0. The molecule has 21 heavy (non-hydrogen) atoms. The van der Waals surface area contributed by atoms with Crippen molar-refractivity contribution in [3.05, 3.63) is 28.3 Å². The highest BCUT2D eigenvalue weighted by Gasteiger charge is 2.34. The van der Waals surface area contributed by atoms with Crippen LogP contribution in [0.4, 0.5) is 0 Å². The molecule has 3 rings (SSSR count). The van der Waals surface area contributed by atoms with Crippen LogP contribution < -0.4 is 0 Å². The summed E-state index contributed by atoms with van der Waals surface area (Å²) in [4.78, 5) is 0.296. The normalized spacial score (nSPS) is 16.2. The summed E-state index contributed by atoms with van der Waals surface area (Å²) in [6, 6.07) is 0. The number of aromatic nitrogens is 4. The molecule has 0 radical (unpaired) electrons. The summed E-state index contributed by atoms with van der Waals surface area (Å²) >= 11 is 0. The lowest BCUT2D eigenvalue weighted by atomic mass is 10.1. The highest BCUT2D eigenvalue weighted by atomic mass is 32.2. The molecule has 114 valence electrons. The number of H-pyrrole nitrogens is 1. The number of nitrogens with one attached hydrogen (secondary N) is 1. The van der Waals surface area contributed by atoms with Gasteiger partial charge in [0.1, 0.15) is 4.90 Å². The second-order valence-electron chi connectivity index (χ2n) is 5.49. The van der Waals surface area contributed by atoms with Gasteiger partial charge in [0.2, 0.25) is 10.0 Å². The molecule has 3 heterocycles. The van der Waals surface area contributed by atoms with Crippen LogP contribution in [0, 0.1) is 20.8 Å². The van der Waals surface area contributed by atoms with E-state index in [1.807, 2.05) is 14.0 Å². The fraction of sp³-hybridized carbons (Fsp3) is 0.538. The van der Waals surface area contributed by atoms with Gasteiger partial charge in [-0.1, -0.05) is 0 Å². The average Bonchev–Trinajstić information content (AvgIpc) is 2.90. The summed E-state index contributed by atoms with van der Waals surface area (Å²) in [5.41, 5.74) is 4.23. The van der Waals surface area contributed by atoms with Crippen molar-refractivity contribution in [2.45, 2.75) is 38.6 Å². The Bertz CT molecular complexity index is 783. The third kappa shape index (κ3) is 2.09. The summed E-state index contributed by atoms with van der Waals surface area (Å²) in [6.07, 6.45) is 0.699. The second-order valence-corrected chi connectivity index (χ2v) is 7.36. The lowest BCUT2D eigenvalue weighted by molar-refractivity contribution is 0.379. The van der Waals surface area contributed by atoms with Crippen LogP contribution in [0.2, 0.25) is 0 Å². The second kappa shape index (κ2) is 4.67. The molecule has 0 saturated heterocycles. The molecule has 1 aliphatic heterocycles. The van der Waals surface area contributed by atoms with Gasteiger partial charge in [-0.3, -0.25) is 9.78 Å². The summed E-state index contributed by atoms with van der Waals surface area (Å²) in [7, 11) is -1.67. The molecule has 1 aliphatic rings. The van der Waals surface area contributed by atoms with Crippen LogP contribution in [0.25, 0.3) is 0 Å². The van der Waals surface area contributed by atoms with Crippen molar-refractivity contribution in [2.24, 2.45) is 7.05 Å². The van der Waals surface area contributed by atoms with Crippen LogP contribution in [0.1, 0.15) is 28.3 Å². The number of aryl methyl sites for hydroxylation is 4. The van der Waals surface area contributed by atoms with Crippen LogP contribution in [0.3, 0.4) is 0 Å². The smallest absolute Gasteiger partial charge is 0.247 e. The minimum atomic E-state index is -3.53. The summed E-state index contributed by atoms with van der Waals surface area (Å²) in [5, 5.41) is 11.1. The topological polar surface area (TPSA) is 83.9 Å². The van der Waals surface area contributed by atoms with Crippen molar-refractivity contribution in [3.63, 3.8) is 0 Å². The van der Waals surface area contributed by atoms with Gasteiger partial charge in [-0.15, -0.1) is 0 Å². The minimum absolute atomic E-state index is 0.296. The lowest BCUT2D eigenvalue weighted by Gasteiger charge is -2.26. The molecule has 2 aromatic rings. The van der Waals surface area contributed by atoms with Gasteiger partial charge in [0.25, 0.3) is 0 Å². The zero-order valence-corrected chi connectivity index (χ0v) is 13.5. The van der Waals surface area contributed by atoms with Crippen molar-refractivity contribution in [3.8, 4) is 0 Å². The average molecular weight is 309 g/mol. The fourth-order valence-electron chi connectivity index (χ4n) is 3.01. The molecule has 8 heteroatoms. The Hall–Kier alpha value is -1.67. The van der Waals surface area contributed by atoms with E-state index in [4.69, 9.17) is 0 Å². The maximum atomic E-state index is 12.9. The Labute approximate surface area is 124 Å². The Balaban J connectivity index is 2.01. The van der Waals surface area contributed by atoms with E-state index >= 15 is 0 Å². The Kier molecular flexibility index (Phi) is 3.18. The zero-order valence-electron chi connectivity index (χ0n) is 12.6. The number of sulfonamides is 1. The van der Waals surface area contributed by atoms with Gasteiger partial charge in [0.05, 0.1) is 29.3 Å². The van der Waals surface area contributed by atoms with Crippen molar-refractivity contribution in [1.29, 1.82) is 0 Å². The quantitative estimate of drug-likeness (QED) is 0.890. The number of rotatable bonds is 2. The van der Waals surface area contributed by atoms with E-state index in [9.17, 15) is 8.42 Å². The standard InChI is InChI=1S/C13H19N5O2S/c1-8-11-5-6-18(7-12(11)17(4)16-8)21(19,20)13-9(2)14-15-10(13)3/h5-7H2,1-4H3,(H,14,15). The molecule has 1 N–H and O–H groups in total. The van der Waals surface area contributed by atoms with Crippen molar-refractivity contribution in [1.82, 2.24) is 24.3 Å². The molecule has 0 saturated carbocycles. The van der Waals surface area contributed by atoms with Gasteiger partial charge in [-0.05, 0) is 32.8 Å². The summed E-state index contributed by atoms with van der Waals surface area (Å²) < 4.78 is 29.0. The predicted octanol–water partition coefficient (Wildman–Crippen LogP) is 0.815. The third-order valence-corrected chi connectivity index (χ3v) is 6.18. The Morgan fingerprint density at radius 2 is 1.90 bits per heavy atom. The highest BCUT2D eigenvalue weighted by molar-refractivity contribution is 7.89. The van der Waals surface area contributed by atoms with Crippen LogP contribution in [0.5, 0.6) is 0 Å². The molecular formula is C13H19N5O2S. The molecule has 0 spiro atoms. The van der Waals surface area contributed by atoms with E-state index in [2.05, 4.69) is 15.3 Å². The lowest BCUT2D eigenvalue weighted by Crippen LogP contribution is -2.37. The first-order chi connectivity index (χ1) is 9.82. The first-order valence-corrected chi connectivity index (χ1v) is 8.29. The number of hydrogen-bond acceptors (Lipinski definition) is 4. The van der Waals surface area contributed by atoms with E-state index in [1.54, 1.807) is 18.5 Å². The first-order valence-electron chi connectivity index (χ1n) is 6.85. The van der Waals surface area contributed by atoms with E-state index in [-0.39, 0.29) is 0 Å². The van der Waals surface area contributed by atoms with Crippen LogP contribution in [-0.2, 0) is 30.0 Å². The van der Waals surface area contributed by atoms with E-state index in [0.29, 0.717) is 35.8 Å². The number of fused-ring (bicyclic) bond motifs is 1. The molecule has 0 bridgehead atoms. The van der Waals surface area contributed by atoms with E-state index in [0.717, 1.165) is 11.4 Å². The van der Waals surface area contributed by atoms with Crippen molar-refractivity contribution in [2.75, 3.05) is 6.54 Å². The van der Waals surface area contributed by atoms with Gasteiger partial charge < -0.3 is 0 Å². The molecule has 0 unspecified atom stereocenters. The van der Waals surface area contributed by atoms with Gasteiger partial charge in [0, 0.05) is 13.6 Å². The first kappa shape index (κ1) is 14.3. The maximum Gasteiger partial charge on any atom is 0.247 e. The highest BCUT2D eigenvalue weighted by Crippen LogP contribution is 2.28. The molecule has 0 aromatic carbocycles. The fourth-order valence-corrected chi connectivity index (χ4v) is 4.74. The molecule has 0 atom stereocenters. The molecule has 0 aliphatic carbocycles. The summed E-state index contributed by atoms with van der Waals surface area (Å²) in [6.45, 7) is 6.24. The van der Waals surface area contributed by atoms with Crippen molar-refractivity contribution < 1.29 is 8.42 Å². The molecule has 0 fully saturated rings. The molecular weight excluding hydrogens is 290 g/mol. The Morgan fingerprint density at radius 3 is 2.52 bits per heavy atom. The number of nitrogens with zero attached hydrogens (tertiary/aromatic N) is 4. The van der Waals surface area contributed by atoms with E-state index < -0.39 is 10.0 Å². The van der Waals surface area contributed by atoms with E-state index in [1.165, 1.54) is 9.87 Å². The predicted molar refractivity (Wildman–Crippen MR) is 77.3 cm³/mol. The minimum Gasteiger partial charge on any atom is -0.281 e. The van der Waals surface area contributed by atoms with Crippen molar-refractivity contribution >= 4 is 10.0 Å². The zero-order chi connectivity index (χ0) is 15.4. The van der Waals surface area contributed by atoms with Crippen LogP contribution in [0.15, 0.2) is 4.90 Å². The third-order valence-electron chi connectivity index (χ3n) is 4.07.